The van der Waals surface area contributed by atoms with Crippen LogP contribution in [0.2, 0.25) is 0 Å². The van der Waals surface area contributed by atoms with Crippen molar-refractivity contribution in [2.45, 2.75) is 25.6 Å². The van der Waals surface area contributed by atoms with Crippen LogP contribution in [0.5, 0.6) is 0 Å². The Morgan fingerprint density at radius 3 is 2.74 bits per heavy atom. The zero-order valence-corrected chi connectivity index (χ0v) is 9.85. The molecule has 0 saturated carbocycles. The van der Waals surface area contributed by atoms with Crippen LogP contribution >= 0.6 is 0 Å². The zero-order chi connectivity index (χ0) is 14.2. The third kappa shape index (κ3) is 2.83. The van der Waals surface area contributed by atoms with E-state index in [1.807, 2.05) is 0 Å². The molecule has 19 heavy (non-hydrogen) atoms. The van der Waals surface area contributed by atoms with Gasteiger partial charge in [-0.1, -0.05) is 5.21 Å². The Morgan fingerprint density at radius 2 is 2.16 bits per heavy atom. The number of rotatable bonds is 3. The number of carboxylic acids is 1. The minimum atomic E-state index is -4.32. The highest BCUT2D eigenvalue weighted by Gasteiger charge is 2.31. The SMILES string of the molecule is CC(CC(F)(F)F)n1nnc2ccc(C(=O)O)cc21. The fourth-order valence-electron chi connectivity index (χ4n) is 1.82. The van der Waals surface area contributed by atoms with Crippen molar-refractivity contribution >= 4 is 17.0 Å². The van der Waals surface area contributed by atoms with Crippen molar-refractivity contribution < 1.29 is 23.1 Å². The van der Waals surface area contributed by atoms with Crippen LogP contribution in [0.3, 0.4) is 0 Å². The molecule has 0 aliphatic rings. The lowest BCUT2D eigenvalue weighted by Gasteiger charge is -2.14. The van der Waals surface area contributed by atoms with Gasteiger partial charge >= 0.3 is 12.1 Å². The second-order valence-corrected chi connectivity index (χ2v) is 4.21. The highest BCUT2D eigenvalue weighted by atomic mass is 19.4. The van der Waals surface area contributed by atoms with Crippen LogP contribution < -0.4 is 0 Å². The molecule has 0 saturated heterocycles. The number of benzene rings is 1. The summed E-state index contributed by atoms with van der Waals surface area (Å²) in [6.07, 6.45) is -5.37. The lowest BCUT2D eigenvalue weighted by atomic mass is 10.2. The number of carbonyl (C=O) groups is 1. The molecule has 102 valence electrons. The van der Waals surface area contributed by atoms with Crippen LogP contribution in [-0.2, 0) is 0 Å². The van der Waals surface area contributed by atoms with E-state index in [-0.39, 0.29) is 11.1 Å². The lowest BCUT2D eigenvalue weighted by Crippen LogP contribution is -2.17. The highest BCUT2D eigenvalue weighted by Crippen LogP contribution is 2.28. The Bertz CT molecular complexity index is 621. The van der Waals surface area contributed by atoms with Gasteiger partial charge in [0.05, 0.1) is 23.5 Å². The van der Waals surface area contributed by atoms with Crippen LogP contribution in [0.25, 0.3) is 11.0 Å². The van der Waals surface area contributed by atoms with Crippen molar-refractivity contribution in [3.05, 3.63) is 23.8 Å². The maximum atomic E-state index is 12.3. The molecule has 1 unspecified atom stereocenters. The van der Waals surface area contributed by atoms with Gasteiger partial charge < -0.3 is 5.11 Å². The molecule has 1 heterocycles. The van der Waals surface area contributed by atoms with Gasteiger partial charge in [0, 0.05) is 0 Å². The maximum Gasteiger partial charge on any atom is 0.391 e. The van der Waals surface area contributed by atoms with E-state index in [1.165, 1.54) is 25.1 Å². The smallest absolute Gasteiger partial charge is 0.391 e. The monoisotopic (exact) mass is 273 g/mol. The number of aromatic carboxylic acids is 1. The fourth-order valence-corrected chi connectivity index (χ4v) is 1.82. The van der Waals surface area contributed by atoms with E-state index in [9.17, 15) is 18.0 Å². The molecule has 0 radical (unpaired) electrons. The number of hydrogen-bond acceptors (Lipinski definition) is 3. The fraction of sp³-hybridized carbons (Fsp3) is 0.364. The molecule has 8 heteroatoms. The number of fused-ring (bicyclic) bond motifs is 1. The molecule has 5 nitrogen and oxygen atoms in total. The predicted octanol–water partition coefficient (Wildman–Crippen LogP) is 2.64. The van der Waals surface area contributed by atoms with Crippen molar-refractivity contribution in [3.8, 4) is 0 Å². The Balaban J connectivity index is 2.43. The van der Waals surface area contributed by atoms with Crippen molar-refractivity contribution in [1.82, 2.24) is 15.0 Å². The summed E-state index contributed by atoms with van der Waals surface area (Å²) in [7, 11) is 0. The van der Waals surface area contributed by atoms with Gasteiger partial charge in [0.1, 0.15) is 5.52 Å². The van der Waals surface area contributed by atoms with Crippen molar-refractivity contribution in [2.75, 3.05) is 0 Å². The van der Waals surface area contributed by atoms with Gasteiger partial charge in [-0.05, 0) is 25.1 Å². The molecule has 0 aliphatic heterocycles. The highest BCUT2D eigenvalue weighted by molar-refractivity contribution is 5.92. The van der Waals surface area contributed by atoms with E-state index >= 15 is 0 Å². The molecule has 2 aromatic rings. The van der Waals surface area contributed by atoms with Crippen molar-refractivity contribution in [3.63, 3.8) is 0 Å². The zero-order valence-electron chi connectivity index (χ0n) is 9.85. The van der Waals surface area contributed by atoms with Crippen molar-refractivity contribution in [2.24, 2.45) is 0 Å². The Kier molecular flexibility index (Phi) is 3.17. The van der Waals surface area contributed by atoms with Gasteiger partial charge in [0.2, 0.25) is 0 Å². The first-order valence-corrected chi connectivity index (χ1v) is 5.43. The first kappa shape index (κ1) is 13.3. The molecule has 1 N–H and O–H groups in total. The van der Waals surface area contributed by atoms with Crippen LogP contribution in [0, 0.1) is 0 Å². The van der Waals surface area contributed by atoms with Gasteiger partial charge in [0.15, 0.2) is 0 Å². The van der Waals surface area contributed by atoms with E-state index in [0.29, 0.717) is 5.52 Å². The van der Waals surface area contributed by atoms with Gasteiger partial charge in [-0.3, -0.25) is 0 Å². The van der Waals surface area contributed by atoms with Gasteiger partial charge in [-0.2, -0.15) is 13.2 Å². The first-order chi connectivity index (χ1) is 8.78. The number of aromatic nitrogens is 3. The van der Waals surface area contributed by atoms with Crippen molar-refractivity contribution in [1.29, 1.82) is 0 Å². The number of alkyl halides is 3. The molecule has 0 spiro atoms. The number of hydrogen-bond donors (Lipinski definition) is 1. The van der Waals surface area contributed by atoms with Gasteiger partial charge in [-0.25, -0.2) is 9.48 Å². The summed E-state index contributed by atoms with van der Waals surface area (Å²) < 4.78 is 38.1. The Labute approximate surface area is 105 Å². The summed E-state index contributed by atoms with van der Waals surface area (Å²) >= 11 is 0. The molecule has 0 fully saturated rings. The summed E-state index contributed by atoms with van der Waals surface area (Å²) in [5.41, 5.74) is 0.617. The molecular weight excluding hydrogens is 263 g/mol. The van der Waals surface area contributed by atoms with Gasteiger partial charge in [0.25, 0.3) is 0 Å². The second-order valence-electron chi connectivity index (χ2n) is 4.21. The lowest BCUT2D eigenvalue weighted by molar-refractivity contribution is -0.142. The molecule has 1 aromatic heterocycles. The third-order valence-corrected chi connectivity index (χ3v) is 2.66. The molecule has 2 rings (SSSR count). The summed E-state index contributed by atoms with van der Waals surface area (Å²) in [6, 6.07) is 3.07. The van der Waals surface area contributed by atoms with Crippen LogP contribution in [-0.4, -0.2) is 32.2 Å². The van der Waals surface area contributed by atoms with E-state index in [2.05, 4.69) is 10.3 Å². The number of carboxylic acid groups (broad SMARTS) is 1. The van der Waals surface area contributed by atoms with E-state index < -0.39 is 24.6 Å². The summed E-state index contributed by atoms with van der Waals surface area (Å²) in [5.74, 6) is -1.15. The molecule has 1 atom stereocenters. The second kappa shape index (κ2) is 4.52. The largest absolute Gasteiger partial charge is 0.478 e. The number of halogens is 3. The molecule has 0 amide bonds. The van der Waals surface area contributed by atoms with E-state index in [1.54, 1.807) is 0 Å². The summed E-state index contributed by atoms with van der Waals surface area (Å²) in [6.45, 7) is 1.36. The topological polar surface area (TPSA) is 68.0 Å². The maximum absolute atomic E-state index is 12.3. The minimum absolute atomic E-state index is 0.0183. The average Bonchev–Trinajstić information content (AvgIpc) is 2.68. The Morgan fingerprint density at radius 1 is 1.47 bits per heavy atom. The average molecular weight is 273 g/mol. The van der Waals surface area contributed by atoms with E-state index in [4.69, 9.17) is 5.11 Å². The molecule has 0 bridgehead atoms. The quantitative estimate of drug-likeness (QED) is 0.933. The van der Waals surface area contributed by atoms with Crippen LogP contribution in [0.1, 0.15) is 29.7 Å². The molecule has 1 aromatic carbocycles. The van der Waals surface area contributed by atoms with E-state index in [0.717, 1.165) is 4.68 Å². The third-order valence-electron chi connectivity index (χ3n) is 2.66. The minimum Gasteiger partial charge on any atom is -0.478 e. The normalized spacial score (nSPS) is 13.7. The molecular formula is C11H10F3N3O2. The van der Waals surface area contributed by atoms with Gasteiger partial charge in [-0.15, -0.1) is 5.10 Å². The predicted molar refractivity (Wildman–Crippen MR) is 59.9 cm³/mol. The van der Waals surface area contributed by atoms with Crippen LogP contribution in [0.15, 0.2) is 18.2 Å². The standard InChI is InChI=1S/C11H10F3N3O2/c1-6(5-11(12,13)14)17-9-4-7(10(18)19)2-3-8(9)15-16-17/h2-4,6H,5H2,1H3,(H,18,19). The first-order valence-electron chi connectivity index (χ1n) is 5.43. The van der Waals surface area contributed by atoms with Crippen LogP contribution in [0.4, 0.5) is 13.2 Å². The summed E-state index contributed by atoms with van der Waals surface area (Å²) in [4.78, 5) is 10.8. The Hall–Kier alpha value is -2.12. The molecule has 0 aliphatic carbocycles. The summed E-state index contributed by atoms with van der Waals surface area (Å²) in [5, 5.41) is 16.2. The number of nitrogens with zero attached hydrogens (tertiary/aromatic N) is 3.